The van der Waals surface area contributed by atoms with Crippen LogP contribution in [0.2, 0.25) is 0 Å². The van der Waals surface area contributed by atoms with Crippen LogP contribution in [0.1, 0.15) is 24.2 Å². The van der Waals surface area contributed by atoms with E-state index < -0.39 is 11.8 Å². The molecule has 1 aromatic carbocycles. The van der Waals surface area contributed by atoms with Gasteiger partial charge in [0, 0.05) is 9.61 Å². The van der Waals surface area contributed by atoms with Gasteiger partial charge in [-0.25, -0.2) is 4.39 Å². The van der Waals surface area contributed by atoms with Crippen molar-refractivity contribution < 1.29 is 18.7 Å². The summed E-state index contributed by atoms with van der Waals surface area (Å²) in [6.45, 7) is 3.48. The maximum atomic E-state index is 13.0. The third-order valence-corrected chi connectivity index (χ3v) is 3.47. The molecule has 0 aliphatic carbocycles. The van der Waals surface area contributed by atoms with Crippen LogP contribution in [-0.2, 0) is 9.53 Å². The summed E-state index contributed by atoms with van der Waals surface area (Å²) in [7, 11) is 1.27. The first-order valence-electron chi connectivity index (χ1n) is 5.69. The molecular weight excluding hydrogens is 364 g/mol. The Hall–Kier alpha value is -1.18. The number of halogens is 2. The first-order valence-corrected chi connectivity index (χ1v) is 6.77. The van der Waals surface area contributed by atoms with Crippen LogP contribution in [0.3, 0.4) is 0 Å². The summed E-state index contributed by atoms with van der Waals surface area (Å²) in [5.74, 6) is -1.20. The van der Waals surface area contributed by atoms with Gasteiger partial charge in [0.2, 0.25) is 0 Å². The molecule has 1 aromatic rings. The van der Waals surface area contributed by atoms with Gasteiger partial charge < -0.3 is 9.64 Å². The number of hydrogen-bond donors (Lipinski definition) is 0. The Balaban J connectivity index is 3.02. The summed E-state index contributed by atoms with van der Waals surface area (Å²) in [4.78, 5) is 25.1. The van der Waals surface area contributed by atoms with E-state index in [1.807, 2.05) is 22.6 Å². The molecule has 0 unspecified atom stereocenters. The molecule has 19 heavy (non-hydrogen) atoms. The summed E-state index contributed by atoms with van der Waals surface area (Å²) in [6.07, 6.45) is 0. The lowest BCUT2D eigenvalue weighted by atomic mass is 10.1. The van der Waals surface area contributed by atoms with Crippen molar-refractivity contribution in [1.29, 1.82) is 0 Å². The molecule has 0 spiro atoms. The predicted molar refractivity (Wildman–Crippen MR) is 77.3 cm³/mol. The summed E-state index contributed by atoms with van der Waals surface area (Å²) < 4.78 is 18.1. The van der Waals surface area contributed by atoms with Crippen LogP contribution >= 0.6 is 22.6 Å². The topological polar surface area (TPSA) is 46.6 Å². The summed E-state index contributed by atoms with van der Waals surface area (Å²) in [5, 5.41) is 0. The van der Waals surface area contributed by atoms with E-state index in [0.29, 0.717) is 9.13 Å². The molecule has 0 fully saturated rings. The molecule has 0 aliphatic rings. The second-order valence-corrected chi connectivity index (χ2v) is 5.39. The molecule has 1 amide bonds. The van der Waals surface area contributed by atoms with Crippen LogP contribution in [0, 0.1) is 9.39 Å². The fourth-order valence-corrected chi connectivity index (χ4v) is 2.22. The van der Waals surface area contributed by atoms with E-state index in [0.717, 1.165) is 0 Å². The Bertz CT molecular complexity index is 491. The van der Waals surface area contributed by atoms with Crippen molar-refractivity contribution in [3.63, 3.8) is 0 Å². The third-order valence-electron chi connectivity index (χ3n) is 2.57. The van der Waals surface area contributed by atoms with Gasteiger partial charge in [-0.3, -0.25) is 9.59 Å². The van der Waals surface area contributed by atoms with Gasteiger partial charge in [0.15, 0.2) is 0 Å². The van der Waals surface area contributed by atoms with Crippen LogP contribution < -0.4 is 0 Å². The van der Waals surface area contributed by atoms with Crippen LogP contribution in [-0.4, -0.2) is 36.5 Å². The SMILES string of the molecule is COC(=O)CN(C(=O)c1ccc(F)cc1I)C(C)C. The van der Waals surface area contributed by atoms with E-state index in [1.165, 1.54) is 30.2 Å². The number of carbonyl (C=O) groups is 2. The number of benzene rings is 1. The van der Waals surface area contributed by atoms with E-state index >= 15 is 0 Å². The maximum Gasteiger partial charge on any atom is 0.325 e. The predicted octanol–water partition coefficient (Wildman–Crippen LogP) is 2.45. The molecule has 0 saturated carbocycles. The quantitative estimate of drug-likeness (QED) is 0.597. The number of ether oxygens (including phenoxy) is 1. The number of hydrogen-bond acceptors (Lipinski definition) is 3. The number of amides is 1. The van der Waals surface area contributed by atoms with E-state index in [9.17, 15) is 14.0 Å². The van der Waals surface area contributed by atoms with Crippen molar-refractivity contribution in [2.45, 2.75) is 19.9 Å². The third kappa shape index (κ3) is 4.15. The van der Waals surface area contributed by atoms with Gasteiger partial charge in [-0.2, -0.15) is 0 Å². The minimum atomic E-state index is -0.487. The van der Waals surface area contributed by atoms with Crippen molar-refractivity contribution in [3.8, 4) is 0 Å². The molecule has 6 heteroatoms. The largest absolute Gasteiger partial charge is 0.468 e. The molecule has 0 aliphatic heterocycles. The Morgan fingerprint density at radius 2 is 2.05 bits per heavy atom. The van der Waals surface area contributed by atoms with E-state index in [2.05, 4.69) is 4.74 Å². The molecule has 0 bridgehead atoms. The standard InChI is InChI=1S/C13H15FINO3/c1-8(2)16(7-12(17)19-3)13(18)10-5-4-9(14)6-11(10)15/h4-6,8H,7H2,1-3H3. The fraction of sp³-hybridized carbons (Fsp3) is 0.385. The number of nitrogens with zero attached hydrogens (tertiary/aromatic N) is 1. The van der Waals surface area contributed by atoms with Crippen molar-refractivity contribution in [1.82, 2.24) is 4.90 Å². The van der Waals surface area contributed by atoms with E-state index in [-0.39, 0.29) is 18.5 Å². The maximum absolute atomic E-state index is 13.0. The molecule has 1 rings (SSSR count). The van der Waals surface area contributed by atoms with Crippen LogP contribution in [0.25, 0.3) is 0 Å². The van der Waals surface area contributed by atoms with Gasteiger partial charge >= 0.3 is 5.97 Å². The van der Waals surface area contributed by atoms with Crippen LogP contribution in [0.4, 0.5) is 4.39 Å². The van der Waals surface area contributed by atoms with Gasteiger partial charge in [-0.15, -0.1) is 0 Å². The second-order valence-electron chi connectivity index (χ2n) is 4.23. The minimum absolute atomic E-state index is 0.125. The van der Waals surface area contributed by atoms with E-state index in [4.69, 9.17) is 0 Å². The van der Waals surface area contributed by atoms with Crippen molar-refractivity contribution >= 4 is 34.5 Å². The Morgan fingerprint density at radius 1 is 1.42 bits per heavy atom. The first-order chi connectivity index (χ1) is 8.86. The molecular formula is C13H15FINO3. The summed E-state index contributed by atoms with van der Waals surface area (Å²) >= 11 is 1.90. The van der Waals surface area contributed by atoms with E-state index in [1.54, 1.807) is 13.8 Å². The average molecular weight is 379 g/mol. The van der Waals surface area contributed by atoms with Gasteiger partial charge in [0.05, 0.1) is 12.7 Å². The highest BCUT2D eigenvalue weighted by molar-refractivity contribution is 14.1. The Labute approximate surface area is 125 Å². The molecule has 0 saturated heterocycles. The highest BCUT2D eigenvalue weighted by Crippen LogP contribution is 2.17. The Morgan fingerprint density at radius 3 is 2.53 bits per heavy atom. The lowest BCUT2D eigenvalue weighted by Crippen LogP contribution is -2.41. The van der Waals surface area contributed by atoms with Crippen molar-refractivity contribution in [2.75, 3.05) is 13.7 Å². The summed E-state index contributed by atoms with van der Waals surface area (Å²) in [5.41, 5.74) is 0.375. The molecule has 0 heterocycles. The number of rotatable bonds is 4. The zero-order chi connectivity index (χ0) is 14.6. The summed E-state index contributed by atoms with van der Waals surface area (Å²) in [6, 6.07) is 3.77. The van der Waals surface area contributed by atoms with Gasteiger partial charge in [0.25, 0.3) is 5.91 Å². The molecule has 0 atom stereocenters. The lowest BCUT2D eigenvalue weighted by Gasteiger charge is -2.26. The fourth-order valence-electron chi connectivity index (χ4n) is 1.51. The number of esters is 1. The molecule has 104 valence electrons. The van der Waals surface area contributed by atoms with Crippen LogP contribution in [0.5, 0.6) is 0 Å². The molecule has 0 aromatic heterocycles. The Kier molecular flexibility index (Phi) is 5.71. The molecule has 0 radical (unpaired) electrons. The first kappa shape index (κ1) is 15.9. The highest BCUT2D eigenvalue weighted by Gasteiger charge is 2.23. The average Bonchev–Trinajstić information content (AvgIpc) is 2.34. The number of methoxy groups -OCH3 is 1. The normalized spacial score (nSPS) is 10.4. The lowest BCUT2D eigenvalue weighted by molar-refractivity contribution is -0.141. The molecule has 0 N–H and O–H groups in total. The smallest absolute Gasteiger partial charge is 0.325 e. The zero-order valence-electron chi connectivity index (χ0n) is 10.9. The molecule has 4 nitrogen and oxygen atoms in total. The van der Waals surface area contributed by atoms with Gasteiger partial charge in [-0.05, 0) is 54.6 Å². The zero-order valence-corrected chi connectivity index (χ0v) is 13.1. The van der Waals surface area contributed by atoms with Crippen molar-refractivity contribution in [3.05, 3.63) is 33.1 Å². The number of carbonyl (C=O) groups excluding carboxylic acids is 2. The van der Waals surface area contributed by atoms with Crippen molar-refractivity contribution in [2.24, 2.45) is 0 Å². The second kappa shape index (κ2) is 6.83. The van der Waals surface area contributed by atoms with Crippen LogP contribution in [0.15, 0.2) is 18.2 Å². The van der Waals surface area contributed by atoms with Gasteiger partial charge in [0.1, 0.15) is 12.4 Å². The van der Waals surface area contributed by atoms with Gasteiger partial charge in [-0.1, -0.05) is 0 Å². The highest BCUT2D eigenvalue weighted by atomic mass is 127. The minimum Gasteiger partial charge on any atom is -0.468 e. The monoisotopic (exact) mass is 379 g/mol.